The highest BCUT2D eigenvalue weighted by Crippen LogP contribution is 2.18. The Morgan fingerprint density at radius 2 is 2.44 bits per heavy atom. The Labute approximate surface area is 111 Å². The minimum atomic E-state index is 0.544. The van der Waals surface area contributed by atoms with E-state index in [1.54, 1.807) is 11.3 Å². The molecule has 0 radical (unpaired) electrons. The van der Waals surface area contributed by atoms with Crippen molar-refractivity contribution in [3.63, 3.8) is 0 Å². The van der Waals surface area contributed by atoms with Gasteiger partial charge in [0.25, 0.3) is 0 Å². The fourth-order valence-corrected chi connectivity index (χ4v) is 2.99. The summed E-state index contributed by atoms with van der Waals surface area (Å²) in [5, 5.41) is 9.32. The molecule has 5 heteroatoms. The first-order chi connectivity index (χ1) is 8.83. The van der Waals surface area contributed by atoms with Gasteiger partial charge in [-0.3, -0.25) is 4.40 Å². The Balaban J connectivity index is 1.42. The average Bonchev–Trinajstić information content (AvgIpc) is 2.94. The summed E-state index contributed by atoms with van der Waals surface area (Å²) in [5.41, 5.74) is 1.35. The molecule has 2 N–H and O–H groups in total. The molecule has 2 aromatic rings. The van der Waals surface area contributed by atoms with Crippen molar-refractivity contribution in [3.8, 4) is 0 Å². The van der Waals surface area contributed by atoms with Crippen LogP contribution in [-0.4, -0.2) is 34.6 Å². The van der Waals surface area contributed by atoms with Crippen molar-refractivity contribution in [1.29, 1.82) is 0 Å². The molecule has 1 atom stereocenters. The van der Waals surface area contributed by atoms with Crippen LogP contribution in [0.2, 0.25) is 0 Å². The second kappa shape index (κ2) is 5.38. The highest BCUT2D eigenvalue weighted by molar-refractivity contribution is 7.15. The molecule has 4 nitrogen and oxygen atoms in total. The molecule has 1 fully saturated rings. The van der Waals surface area contributed by atoms with Crippen LogP contribution in [0, 0.1) is 0 Å². The van der Waals surface area contributed by atoms with Gasteiger partial charge in [-0.1, -0.05) is 0 Å². The number of thiazole rings is 1. The minimum Gasteiger partial charge on any atom is -0.313 e. The van der Waals surface area contributed by atoms with Gasteiger partial charge in [0.1, 0.15) is 0 Å². The smallest absolute Gasteiger partial charge is 0.193 e. The van der Waals surface area contributed by atoms with E-state index in [9.17, 15) is 0 Å². The van der Waals surface area contributed by atoms with Gasteiger partial charge in [0.05, 0.1) is 0 Å². The molecule has 1 aliphatic rings. The summed E-state index contributed by atoms with van der Waals surface area (Å²) in [4.78, 5) is 5.38. The quantitative estimate of drug-likeness (QED) is 0.799. The van der Waals surface area contributed by atoms with Crippen LogP contribution in [0.15, 0.2) is 17.8 Å². The lowest BCUT2D eigenvalue weighted by Gasteiger charge is -2.14. The molecule has 0 saturated heterocycles. The van der Waals surface area contributed by atoms with E-state index in [0.717, 1.165) is 30.5 Å². The molecule has 18 heavy (non-hydrogen) atoms. The lowest BCUT2D eigenvalue weighted by atomic mass is 10.3. The van der Waals surface area contributed by atoms with E-state index in [1.807, 2.05) is 12.4 Å². The van der Waals surface area contributed by atoms with Crippen molar-refractivity contribution in [3.05, 3.63) is 23.5 Å². The van der Waals surface area contributed by atoms with Crippen molar-refractivity contribution < 1.29 is 0 Å². The fraction of sp³-hybridized carbons (Fsp3) is 0.615. The zero-order valence-electron chi connectivity index (χ0n) is 10.7. The molecule has 2 heterocycles. The first kappa shape index (κ1) is 12.1. The molecule has 3 rings (SSSR count). The van der Waals surface area contributed by atoms with Crippen LogP contribution in [0.5, 0.6) is 0 Å². The Bertz CT molecular complexity index is 500. The van der Waals surface area contributed by atoms with Gasteiger partial charge in [-0.05, 0) is 19.8 Å². The maximum atomic E-state index is 4.29. The van der Waals surface area contributed by atoms with Crippen LogP contribution in [-0.2, 0) is 6.42 Å². The summed E-state index contributed by atoms with van der Waals surface area (Å²) in [6, 6.07) is 1.35. The van der Waals surface area contributed by atoms with E-state index in [4.69, 9.17) is 0 Å². The van der Waals surface area contributed by atoms with E-state index < -0.39 is 0 Å². The van der Waals surface area contributed by atoms with Gasteiger partial charge < -0.3 is 10.6 Å². The lowest BCUT2D eigenvalue weighted by Crippen LogP contribution is -2.38. The number of hydrogen-bond acceptors (Lipinski definition) is 4. The molecule has 1 saturated carbocycles. The normalized spacial score (nSPS) is 17.4. The molecular weight excluding hydrogens is 244 g/mol. The van der Waals surface area contributed by atoms with Crippen LogP contribution in [0.4, 0.5) is 0 Å². The number of imidazole rings is 1. The monoisotopic (exact) mass is 264 g/mol. The average molecular weight is 264 g/mol. The van der Waals surface area contributed by atoms with Crippen molar-refractivity contribution >= 4 is 16.3 Å². The predicted molar refractivity (Wildman–Crippen MR) is 75.3 cm³/mol. The standard InChI is InChI=1S/C13H20N4S/c1-10(8-16-11-2-3-11)14-5-4-12-9-18-13-15-6-7-17(12)13/h6-7,9-11,14,16H,2-5,8H2,1H3. The third kappa shape index (κ3) is 2.91. The first-order valence-corrected chi connectivity index (χ1v) is 7.57. The maximum absolute atomic E-state index is 4.29. The van der Waals surface area contributed by atoms with Crippen LogP contribution in [0.25, 0.3) is 4.96 Å². The Hall–Kier alpha value is -0.910. The van der Waals surface area contributed by atoms with Crippen LogP contribution in [0.1, 0.15) is 25.5 Å². The molecule has 1 unspecified atom stereocenters. The van der Waals surface area contributed by atoms with Crippen LogP contribution < -0.4 is 10.6 Å². The summed E-state index contributed by atoms with van der Waals surface area (Å²) in [7, 11) is 0. The molecule has 0 bridgehead atoms. The van der Waals surface area contributed by atoms with Crippen molar-refractivity contribution in [2.24, 2.45) is 0 Å². The third-order valence-electron chi connectivity index (χ3n) is 3.38. The van der Waals surface area contributed by atoms with E-state index in [-0.39, 0.29) is 0 Å². The second-order valence-corrected chi connectivity index (χ2v) is 5.93. The van der Waals surface area contributed by atoms with Crippen molar-refractivity contribution in [2.75, 3.05) is 13.1 Å². The summed E-state index contributed by atoms with van der Waals surface area (Å²) in [6.07, 6.45) is 7.69. The van der Waals surface area contributed by atoms with Gasteiger partial charge in [0.15, 0.2) is 4.96 Å². The second-order valence-electron chi connectivity index (χ2n) is 5.09. The minimum absolute atomic E-state index is 0.544. The number of hydrogen-bond donors (Lipinski definition) is 2. The molecule has 0 aliphatic heterocycles. The summed E-state index contributed by atoms with van der Waals surface area (Å²) in [6.45, 7) is 4.35. The van der Waals surface area contributed by atoms with Crippen molar-refractivity contribution in [1.82, 2.24) is 20.0 Å². The van der Waals surface area contributed by atoms with Gasteiger partial charge >= 0.3 is 0 Å². The Morgan fingerprint density at radius 3 is 3.28 bits per heavy atom. The lowest BCUT2D eigenvalue weighted by molar-refractivity contribution is 0.501. The summed E-state index contributed by atoms with van der Waals surface area (Å²) >= 11 is 1.71. The molecule has 98 valence electrons. The molecule has 1 aliphatic carbocycles. The number of nitrogens with zero attached hydrogens (tertiary/aromatic N) is 2. The Morgan fingerprint density at radius 1 is 1.56 bits per heavy atom. The summed E-state index contributed by atoms with van der Waals surface area (Å²) < 4.78 is 2.18. The van der Waals surface area contributed by atoms with Gasteiger partial charge in [-0.15, -0.1) is 11.3 Å². The number of aromatic nitrogens is 2. The van der Waals surface area contributed by atoms with Crippen LogP contribution >= 0.6 is 11.3 Å². The van der Waals surface area contributed by atoms with E-state index in [2.05, 4.69) is 32.3 Å². The number of nitrogens with one attached hydrogen (secondary N) is 2. The topological polar surface area (TPSA) is 41.4 Å². The van der Waals surface area contributed by atoms with Crippen molar-refractivity contribution in [2.45, 2.75) is 38.3 Å². The zero-order valence-corrected chi connectivity index (χ0v) is 11.5. The number of rotatable bonds is 7. The largest absolute Gasteiger partial charge is 0.313 e. The van der Waals surface area contributed by atoms with Gasteiger partial charge in [0.2, 0.25) is 0 Å². The highest BCUT2D eigenvalue weighted by Gasteiger charge is 2.20. The molecular formula is C13H20N4S. The fourth-order valence-electron chi connectivity index (χ4n) is 2.10. The molecule has 0 aromatic carbocycles. The maximum Gasteiger partial charge on any atom is 0.193 e. The SMILES string of the molecule is CC(CNC1CC1)NCCc1csc2nccn12. The van der Waals surface area contributed by atoms with Gasteiger partial charge in [-0.2, -0.15) is 0 Å². The Kier molecular flexibility index (Phi) is 3.63. The zero-order chi connectivity index (χ0) is 12.4. The van der Waals surface area contributed by atoms with Crippen LogP contribution in [0.3, 0.4) is 0 Å². The molecule has 0 spiro atoms. The molecule has 2 aromatic heterocycles. The van der Waals surface area contributed by atoms with E-state index in [0.29, 0.717) is 6.04 Å². The summed E-state index contributed by atoms with van der Waals surface area (Å²) in [5.74, 6) is 0. The van der Waals surface area contributed by atoms with Gasteiger partial charge in [-0.25, -0.2) is 4.98 Å². The first-order valence-electron chi connectivity index (χ1n) is 6.69. The third-order valence-corrected chi connectivity index (χ3v) is 4.28. The van der Waals surface area contributed by atoms with E-state index >= 15 is 0 Å². The van der Waals surface area contributed by atoms with E-state index in [1.165, 1.54) is 18.5 Å². The number of fused-ring (bicyclic) bond motifs is 1. The van der Waals surface area contributed by atoms with Gasteiger partial charge in [0, 0.05) is 55.1 Å². The molecule has 0 amide bonds. The highest BCUT2D eigenvalue weighted by atomic mass is 32.1. The predicted octanol–water partition coefficient (Wildman–Crippen LogP) is 1.67.